The van der Waals surface area contributed by atoms with E-state index in [-0.39, 0.29) is 5.91 Å². The second kappa shape index (κ2) is 2.57. The second-order valence-electron chi connectivity index (χ2n) is 3.19. The fourth-order valence-corrected chi connectivity index (χ4v) is 1.72. The number of aliphatic hydroxyl groups excluding tert-OH is 2. The number of amides is 1. The zero-order valence-corrected chi connectivity index (χ0v) is 6.60. The molecule has 1 saturated heterocycles. The minimum absolute atomic E-state index is 0.363. The first-order valence-corrected chi connectivity index (χ1v) is 4.08. The van der Waals surface area contributed by atoms with Crippen molar-refractivity contribution in [1.82, 2.24) is 4.90 Å². The Morgan fingerprint density at radius 2 is 2.25 bits per heavy atom. The van der Waals surface area contributed by atoms with Gasteiger partial charge in [-0.25, -0.2) is 0 Å². The second-order valence-corrected chi connectivity index (χ2v) is 3.19. The molecule has 0 aliphatic carbocycles. The Kier molecular flexibility index (Phi) is 1.66. The van der Waals surface area contributed by atoms with E-state index in [2.05, 4.69) is 0 Å². The SMILES string of the molecule is O=C1[C@@H](O)[C@@H](O)C=C2CCCN12. The maximum Gasteiger partial charge on any atom is 0.258 e. The van der Waals surface area contributed by atoms with Crippen LogP contribution in [0.4, 0.5) is 0 Å². The molecule has 0 spiro atoms. The Morgan fingerprint density at radius 1 is 1.50 bits per heavy atom. The predicted molar refractivity (Wildman–Crippen MR) is 41.0 cm³/mol. The maximum absolute atomic E-state index is 11.3. The summed E-state index contributed by atoms with van der Waals surface area (Å²) in [5, 5.41) is 18.4. The lowest BCUT2D eigenvalue weighted by Gasteiger charge is -2.28. The molecule has 66 valence electrons. The molecule has 12 heavy (non-hydrogen) atoms. The molecule has 2 aliphatic rings. The highest BCUT2D eigenvalue weighted by Crippen LogP contribution is 2.26. The molecule has 0 bridgehead atoms. The number of fused-ring (bicyclic) bond motifs is 1. The van der Waals surface area contributed by atoms with E-state index in [0.717, 1.165) is 18.5 Å². The molecule has 0 aromatic heterocycles. The summed E-state index contributed by atoms with van der Waals surface area (Å²) in [6.07, 6.45) is 1.06. The van der Waals surface area contributed by atoms with Gasteiger partial charge in [-0.1, -0.05) is 0 Å². The Morgan fingerprint density at radius 3 is 3.00 bits per heavy atom. The fraction of sp³-hybridized carbons (Fsp3) is 0.625. The number of hydrogen-bond donors (Lipinski definition) is 2. The molecule has 4 nitrogen and oxygen atoms in total. The van der Waals surface area contributed by atoms with Gasteiger partial charge in [-0.3, -0.25) is 4.79 Å². The van der Waals surface area contributed by atoms with Gasteiger partial charge in [-0.05, 0) is 18.9 Å². The van der Waals surface area contributed by atoms with Gasteiger partial charge in [0.05, 0.1) is 0 Å². The first kappa shape index (κ1) is 7.76. The Balaban J connectivity index is 2.32. The van der Waals surface area contributed by atoms with Crippen LogP contribution >= 0.6 is 0 Å². The molecule has 2 aliphatic heterocycles. The lowest BCUT2D eigenvalue weighted by Crippen LogP contribution is -2.46. The van der Waals surface area contributed by atoms with Crippen LogP contribution in [0.2, 0.25) is 0 Å². The third-order valence-electron chi connectivity index (χ3n) is 2.37. The standard InChI is InChI=1S/C8H11NO3/c10-6-4-5-2-1-3-9(5)8(12)7(6)11/h4,6-7,10-11H,1-3H2/t6-,7-/m0/s1. The van der Waals surface area contributed by atoms with Crippen LogP contribution in [0.3, 0.4) is 0 Å². The molecule has 2 rings (SSSR count). The van der Waals surface area contributed by atoms with Crippen molar-refractivity contribution in [2.24, 2.45) is 0 Å². The molecule has 4 heteroatoms. The maximum atomic E-state index is 11.3. The highest BCUT2D eigenvalue weighted by atomic mass is 16.3. The normalized spacial score (nSPS) is 35.0. The van der Waals surface area contributed by atoms with Crippen LogP contribution in [0.1, 0.15) is 12.8 Å². The molecule has 2 heterocycles. The van der Waals surface area contributed by atoms with E-state index in [1.807, 2.05) is 0 Å². The van der Waals surface area contributed by atoms with E-state index >= 15 is 0 Å². The molecular weight excluding hydrogens is 158 g/mol. The van der Waals surface area contributed by atoms with Crippen LogP contribution in [0.25, 0.3) is 0 Å². The van der Waals surface area contributed by atoms with Crippen LogP contribution in [-0.4, -0.2) is 39.8 Å². The zero-order valence-electron chi connectivity index (χ0n) is 6.60. The predicted octanol–water partition coefficient (Wildman–Crippen LogP) is -0.772. The molecule has 2 atom stereocenters. The van der Waals surface area contributed by atoms with E-state index in [9.17, 15) is 15.0 Å². The molecular formula is C8H11NO3. The molecule has 0 saturated carbocycles. The average Bonchev–Trinajstić information content (AvgIpc) is 2.48. The van der Waals surface area contributed by atoms with Crippen LogP contribution in [0.15, 0.2) is 11.8 Å². The van der Waals surface area contributed by atoms with Gasteiger partial charge in [0.1, 0.15) is 6.10 Å². The Bertz CT molecular complexity index is 249. The molecule has 0 radical (unpaired) electrons. The van der Waals surface area contributed by atoms with Crippen molar-refractivity contribution in [2.45, 2.75) is 25.0 Å². The topological polar surface area (TPSA) is 60.8 Å². The van der Waals surface area contributed by atoms with Crippen molar-refractivity contribution < 1.29 is 15.0 Å². The first-order valence-electron chi connectivity index (χ1n) is 4.08. The zero-order chi connectivity index (χ0) is 8.72. The van der Waals surface area contributed by atoms with Crippen LogP contribution in [0, 0.1) is 0 Å². The largest absolute Gasteiger partial charge is 0.386 e. The molecule has 0 unspecified atom stereocenters. The van der Waals surface area contributed by atoms with Gasteiger partial charge in [0, 0.05) is 12.2 Å². The van der Waals surface area contributed by atoms with E-state index < -0.39 is 12.2 Å². The summed E-state index contributed by atoms with van der Waals surface area (Å²) in [4.78, 5) is 12.8. The van der Waals surface area contributed by atoms with Crippen molar-refractivity contribution in [2.75, 3.05) is 6.54 Å². The number of allylic oxidation sites excluding steroid dienone is 1. The van der Waals surface area contributed by atoms with Crippen molar-refractivity contribution >= 4 is 5.91 Å². The first-order chi connectivity index (χ1) is 5.70. The Hall–Kier alpha value is -0.870. The number of rotatable bonds is 0. The van der Waals surface area contributed by atoms with Gasteiger partial charge in [-0.2, -0.15) is 0 Å². The van der Waals surface area contributed by atoms with Gasteiger partial charge < -0.3 is 15.1 Å². The molecule has 0 aromatic carbocycles. The van der Waals surface area contributed by atoms with E-state index in [1.165, 1.54) is 0 Å². The summed E-state index contributed by atoms with van der Waals surface area (Å²) in [7, 11) is 0. The quantitative estimate of drug-likeness (QED) is 0.500. The minimum atomic E-state index is -1.26. The minimum Gasteiger partial charge on any atom is -0.386 e. The van der Waals surface area contributed by atoms with Crippen molar-refractivity contribution in [3.8, 4) is 0 Å². The third-order valence-corrected chi connectivity index (χ3v) is 2.37. The van der Waals surface area contributed by atoms with Crippen LogP contribution in [0.5, 0.6) is 0 Å². The smallest absolute Gasteiger partial charge is 0.258 e. The van der Waals surface area contributed by atoms with Crippen molar-refractivity contribution in [3.05, 3.63) is 11.8 Å². The van der Waals surface area contributed by atoms with Crippen molar-refractivity contribution in [1.29, 1.82) is 0 Å². The van der Waals surface area contributed by atoms with E-state index in [4.69, 9.17) is 0 Å². The summed E-state index contributed by atoms with van der Waals surface area (Å²) >= 11 is 0. The van der Waals surface area contributed by atoms with Crippen molar-refractivity contribution in [3.63, 3.8) is 0 Å². The number of aliphatic hydroxyl groups is 2. The van der Waals surface area contributed by atoms with Gasteiger partial charge in [0.2, 0.25) is 0 Å². The molecule has 2 N–H and O–H groups in total. The summed E-state index contributed by atoms with van der Waals surface area (Å²) < 4.78 is 0. The Labute approximate surface area is 70.1 Å². The lowest BCUT2D eigenvalue weighted by molar-refractivity contribution is -0.143. The van der Waals surface area contributed by atoms with E-state index in [1.54, 1.807) is 11.0 Å². The molecule has 1 fully saturated rings. The summed E-state index contributed by atoms with van der Waals surface area (Å²) in [6, 6.07) is 0. The molecule has 1 amide bonds. The fourth-order valence-electron chi connectivity index (χ4n) is 1.72. The highest BCUT2D eigenvalue weighted by molar-refractivity contribution is 5.85. The number of carbonyl (C=O) groups is 1. The van der Waals surface area contributed by atoms with E-state index in [0.29, 0.717) is 6.54 Å². The number of hydrogen-bond acceptors (Lipinski definition) is 3. The van der Waals surface area contributed by atoms with Gasteiger partial charge in [0.25, 0.3) is 5.91 Å². The van der Waals surface area contributed by atoms with Gasteiger partial charge in [-0.15, -0.1) is 0 Å². The molecule has 0 aromatic rings. The summed E-state index contributed by atoms with van der Waals surface area (Å²) in [6.45, 7) is 0.675. The van der Waals surface area contributed by atoms with Crippen LogP contribution < -0.4 is 0 Å². The monoisotopic (exact) mass is 169 g/mol. The summed E-state index contributed by atoms with van der Waals surface area (Å²) in [5.74, 6) is -0.363. The third kappa shape index (κ3) is 0.956. The number of carbonyl (C=O) groups excluding carboxylic acids is 1. The lowest BCUT2D eigenvalue weighted by atomic mass is 10.1. The van der Waals surface area contributed by atoms with Crippen LogP contribution in [-0.2, 0) is 4.79 Å². The summed E-state index contributed by atoms with van der Waals surface area (Å²) in [5.41, 5.74) is 0.859. The van der Waals surface area contributed by atoms with Gasteiger partial charge >= 0.3 is 0 Å². The average molecular weight is 169 g/mol. The number of nitrogens with zero attached hydrogens (tertiary/aromatic N) is 1. The van der Waals surface area contributed by atoms with Gasteiger partial charge in [0.15, 0.2) is 6.10 Å². The highest BCUT2D eigenvalue weighted by Gasteiger charge is 2.36.